The summed E-state index contributed by atoms with van der Waals surface area (Å²) in [6.07, 6.45) is 0.420. The van der Waals surface area contributed by atoms with Crippen molar-refractivity contribution in [2.24, 2.45) is 11.5 Å². The number of amides is 1. The van der Waals surface area contributed by atoms with Crippen molar-refractivity contribution in [1.29, 1.82) is 0 Å². The first-order valence-corrected chi connectivity index (χ1v) is 4.54. The van der Waals surface area contributed by atoms with Crippen LogP contribution in [0.1, 0.15) is 0 Å². The average Bonchev–Trinajstić information content (AvgIpc) is 2.20. The monoisotopic (exact) mass is 216 g/mol. The third kappa shape index (κ3) is 2.47. The van der Waals surface area contributed by atoms with Gasteiger partial charge in [-0.3, -0.25) is 4.79 Å². The van der Waals surface area contributed by atoms with Gasteiger partial charge in [-0.1, -0.05) is 0 Å². The number of primary amides is 1. The number of hydrogen-bond donors (Lipinski definition) is 2. The highest BCUT2D eigenvalue weighted by molar-refractivity contribution is 5.93. The molecule has 0 saturated carbocycles. The van der Waals surface area contributed by atoms with E-state index in [1.165, 1.54) is 13.4 Å². The zero-order valence-electron chi connectivity index (χ0n) is 8.80. The van der Waals surface area contributed by atoms with E-state index in [2.05, 4.69) is 0 Å². The maximum atomic E-state index is 11.0. The van der Waals surface area contributed by atoms with Gasteiger partial charge in [-0.15, -0.1) is 0 Å². The Balaban J connectivity index is 2.82. The lowest BCUT2D eigenvalue weighted by molar-refractivity contribution is -0.117. The minimum Gasteiger partial charge on any atom is -0.493 e. The summed E-state index contributed by atoms with van der Waals surface area (Å²) >= 11 is 0. The van der Waals surface area contributed by atoms with Gasteiger partial charge >= 0.3 is 0 Å². The smallest absolute Gasteiger partial charge is 0.250 e. The lowest BCUT2D eigenvalue weighted by atomic mass is 9.96. The molecule has 0 radical (unpaired) electrons. The van der Waals surface area contributed by atoms with Crippen LogP contribution in [0.5, 0.6) is 0 Å². The normalized spacial score (nSPS) is 30.6. The molecular formula is C9H16N2O4. The van der Waals surface area contributed by atoms with Crippen LogP contribution in [0.3, 0.4) is 0 Å². The highest BCUT2D eigenvalue weighted by Crippen LogP contribution is 2.20. The molecule has 6 nitrogen and oxygen atoms in total. The predicted molar refractivity (Wildman–Crippen MR) is 52.8 cm³/mol. The van der Waals surface area contributed by atoms with Crippen LogP contribution in [-0.2, 0) is 19.0 Å². The fourth-order valence-electron chi connectivity index (χ4n) is 1.52. The fourth-order valence-corrected chi connectivity index (χ4v) is 1.52. The third-order valence-electron chi connectivity index (χ3n) is 2.32. The molecule has 1 amide bonds. The van der Waals surface area contributed by atoms with Gasteiger partial charge in [0, 0.05) is 14.2 Å². The van der Waals surface area contributed by atoms with Gasteiger partial charge in [-0.05, 0) is 0 Å². The molecule has 1 aliphatic rings. The molecule has 0 unspecified atom stereocenters. The van der Waals surface area contributed by atoms with Gasteiger partial charge in [0.25, 0.3) is 0 Å². The first-order chi connectivity index (χ1) is 7.11. The minimum absolute atomic E-state index is 0.248. The number of rotatable bonds is 4. The van der Waals surface area contributed by atoms with Crippen molar-refractivity contribution in [2.45, 2.75) is 18.2 Å². The summed E-state index contributed by atoms with van der Waals surface area (Å²) < 4.78 is 15.3. The van der Waals surface area contributed by atoms with Gasteiger partial charge in [0.1, 0.15) is 12.2 Å². The summed E-state index contributed by atoms with van der Waals surface area (Å²) in [6, 6.07) is -0.470. The largest absolute Gasteiger partial charge is 0.493 e. The van der Waals surface area contributed by atoms with Gasteiger partial charge in [-0.25, -0.2) is 0 Å². The van der Waals surface area contributed by atoms with Crippen LogP contribution in [-0.4, -0.2) is 45.0 Å². The Morgan fingerprint density at radius 2 is 2.27 bits per heavy atom. The van der Waals surface area contributed by atoms with Gasteiger partial charge in [0.05, 0.1) is 24.5 Å². The number of ether oxygens (including phenoxy) is 3. The van der Waals surface area contributed by atoms with E-state index in [0.717, 1.165) is 0 Å². The molecule has 1 aliphatic heterocycles. The van der Waals surface area contributed by atoms with Crippen molar-refractivity contribution in [3.63, 3.8) is 0 Å². The molecule has 6 heteroatoms. The summed E-state index contributed by atoms with van der Waals surface area (Å²) in [5.74, 6) is -0.590. The molecule has 15 heavy (non-hydrogen) atoms. The molecule has 0 saturated heterocycles. The molecule has 0 aromatic carbocycles. The van der Waals surface area contributed by atoms with E-state index in [9.17, 15) is 4.79 Å². The zero-order chi connectivity index (χ0) is 11.4. The van der Waals surface area contributed by atoms with Gasteiger partial charge in [0.15, 0.2) is 0 Å². The van der Waals surface area contributed by atoms with E-state index in [1.54, 1.807) is 7.11 Å². The molecule has 4 N–H and O–H groups in total. The van der Waals surface area contributed by atoms with Crippen molar-refractivity contribution in [3.05, 3.63) is 11.8 Å². The van der Waals surface area contributed by atoms with Crippen molar-refractivity contribution >= 4 is 5.91 Å². The van der Waals surface area contributed by atoms with Gasteiger partial charge in [-0.2, -0.15) is 0 Å². The van der Waals surface area contributed by atoms with Crippen LogP contribution in [0, 0.1) is 0 Å². The minimum atomic E-state index is -0.590. The molecule has 1 heterocycles. The van der Waals surface area contributed by atoms with Gasteiger partial charge < -0.3 is 25.7 Å². The predicted octanol–water partition coefficient (Wildman–Crippen LogP) is -1.26. The van der Waals surface area contributed by atoms with Crippen LogP contribution in [0.15, 0.2) is 11.8 Å². The summed E-state index contributed by atoms with van der Waals surface area (Å²) in [5.41, 5.74) is 11.3. The zero-order valence-corrected chi connectivity index (χ0v) is 8.80. The standard InChI is InChI=1S/C9H16N2O4/c1-13-4-6-7(10)8(14-2)5(3-15-6)9(11)12/h3,6-8H,4,10H2,1-2H3,(H2,11,12)/t6-,7+,8-/m1/s1. The molecule has 1 rings (SSSR count). The van der Waals surface area contributed by atoms with E-state index in [4.69, 9.17) is 25.7 Å². The van der Waals surface area contributed by atoms with E-state index < -0.39 is 18.1 Å². The van der Waals surface area contributed by atoms with Crippen LogP contribution in [0.25, 0.3) is 0 Å². The topological polar surface area (TPSA) is 96.8 Å². The quantitative estimate of drug-likeness (QED) is 0.611. The number of hydrogen-bond acceptors (Lipinski definition) is 5. The number of carbonyl (C=O) groups excluding carboxylic acids is 1. The molecule has 0 bridgehead atoms. The van der Waals surface area contributed by atoms with Crippen LogP contribution >= 0.6 is 0 Å². The number of carbonyl (C=O) groups is 1. The van der Waals surface area contributed by atoms with Crippen LogP contribution in [0.4, 0.5) is 0 Å². The SMILES string of the molecule is COC[C@H]1OC=C(C(N)=O)[C@@H](OC)[C@H]1N. The molecule has 0 fully saturated rings. The maximum Gasteiger partial charge on any atom is 0.250 e. The molecule has 3 atom stereocenters. The summed E-state index contributed by atoms with van der Waals surface area (Å²) in [5, 5.41) is 0. The van der Waals surface area contributed by atoms with Crippen molar-refractivity contribution < 1.29 is 19.0 Å². The molecule has 0 aromatic rings. The van der Waals surface area contributed by atoms with E-state index in [0.29, 0.717) is 6.61 Å². The van der Waals surface area contributed by atoms with Crippen LogP contribution in [0.2, 0.25) is 0 Å². The number of methoxy groups -OCH3 is 2. The Labute approximate surface area is 88.1 Å². The third-order valence-corrected chi connectivity index (χ3v) is 2.32. The van der Waals surface area contributed by atoms with E-state index in [1.807, 2.05) is 0 Å². The highest BCUT2D eigenvalue weighted by Gasteiger charge is 2.36. The first-order valence-electron chi connectivity index (χ1n) is 4.54. The van der Waals surface area contributed by atoms with Crippen LogP contribution < -0.4 is 11.5 Å². The van der Waals surface area contributed by atoms with E-state index in [-0.39, 0.29) is 11.7 Å². The Hall–Kier alpha value is -1.11. The summed E-state index contributed by atoms with van der Waals surface area (Å²) in [7, 11) is 3.02. The van der Waals surface area contributed by atoms with E-state index >= 15 is 0 Å². The van der Waals surface area contributed by atoms with Crippen molar-refractivity contribution in [1.82, 2.24) is 0 Å². The summed E-state index contributed by atoms with van der Waals surface area (Å²) in [6.45, 7) is 0.337. The van der Waals surface area contributed by atoms with Gasteiger partial charge in [0.2, 0.25) is 5.91 Å². The molecule has 0 spiro atoms. The maximum absolute atomic E-state index is 11.0. The Morgan fingerprint density at radius 1 is 1.60 bits per heavy atom. The molecule has 86 valence electrons. The fraction of sp³-hybridized carbons (Fsp3) is 0.667. The lowest BCUT2D eigenvalue weighted by Crippen LogP contribution is -2.53. The lowest BCUT2D eigenvalue weighted by Gasteiger charge is -2.33. The number of nitrogens with two attached hydrogens (primary N) is 2. The highest BCUT2D eigenvalue weighted by atomic mass is 16.5. The van der Waals surface area contributed by atoms with Crippen molar-refractivity contribution in [3.8, 4) is 0 Å². The Bertz CT molecular complexity index is 267. The molecule has 0 aromatic heterocycles. The second kappa shape index (κ2) is 5.11. The molecular weight excluding hydrogens is 200 g/mol. The molecule has 0 aliphatic carbocycles. The second-order valence-corrected chi connectivity index (χ2v) is 3.30. The summed E-state index contributed by atoms with van der Waals surface area (Å²) in [4.78, 5) is 11.0. The second-order valence-electron chi connectivity index (χ2n) is 3.30. The Kier molecular flexibility index (Phi) is 4.07. The first kappa shape index (κ1) is 12.0. The van der Waals surface area contributed by atoms with Crippen molar-refractivity contribution in [2.75, 3.05) is 20.8 Å². The Morgan fingerprint density at radius 3 is 2.73 bits per heavy atom. The average molecular weight is 216 g/mol.